The van der Waals surface area contributed by atoms with Crippen LogP contribution < -0.4 is 5.73 Å². The van der Waals surface area contributed by atoms with Gasteiger partial charge in [-0.2, -0.15) is 0 Å². The number of sulfonamides is 1. The van der Waals surface area contributed by atoms with E-state index in [0.29, 0.717) is 23.9 Å². The van der Waals surface area contributed by atoms with Crippen molar-refractivity contribution < 1.29 is 8.42 Å². The van der Waals surface area contributed by atoms with Gasteiger partial charge < -0.3 is 5.73 Å². The first-order valence-corrected chi connectivity index (χ1v) is 8.55. The molecule has 0 aliphatic heterocycles. The molecule has 0 amide bonds. The van der Waals surface area contributed by atoms with Gasteiger partial charge in [-0.3, -0.25) is 0 Å². The van der Waals surface area contributed by atoms with Gasteiger partial charge in [-0.05, 0) is 48.9 Å². The van der Waals surface area contributed by atoms with Crippen molar-refractivity contribution >= 4 is 26.0 Å². The lowest BCUT2D eigenvalue weighted by atomic mass is 10.1. The van der Waals surface area contributed by atoms with Crippen LogP contribution in [0.5, 0.6) is 0 Å². The summed E-state index contributed by atoms with van der Waals surface area (Å²) in [6, 6.07) is 3.55. The van der Waals surface area contributed by atoms with Gasteiger partial charge in [0.15, 0.2) is 0 Å². The zero-order valence-corrected chi connectivity index (χ0v) is 13.6. The van der Waals surface area contributed by atoms with Gasteiger partial charge in [0.05, 0.1) is 4.90 Å². The number of rotatable bonds is 5. The largest absolute Gasteiger partial charge is 0.326 e. The van der Waals surface area contributed by atoms with Crippen LogP contribution in [0.25, 0.3) is 0 Å². The van der Waals surface area contributed by atoms with Gasteiger partial charge in [-0.25, -0.2) is 12.7 Å². The van der Waals surface area contributed by atoms with Gasteiger partial charge in [0.1, 0.15) is 0 Å². The summed E-state index contributed by atoms with van der Waals surface area (Å²) in [5.41, 5.74) is 7.17. The standard InChI is InChI=1S/C13H19BrN2O2S/c1-9-12(14)5-11(7-15)6-13(9)19(17,18)16(2)8-10-3-4-10/h5-6,10H,3-4,7-8,15H2,1-2H3. The second-order valence-electron chi connectivity index (χ2n) is 5.13. The summed E-state index contributed by atoms with van der Waals surface area (Å²) in [5, 5.41) is 0. The molecule has 0 aromatic heterocycles. The predicted molar refractivity (Wildman–Crippen MR) is 79.3 cm³/mol. The number of nitrogens with two attached hydrogens (primary N) is 1. The number of benzene rings is 1. The molecular weight excluding hydrogens is 328 g/mol. The van der Waals surface area contributed by atoms with Crippen molar-refractivity contribution in [1.29, 1.82) is 0 Å². The topological polar surface area (TPSA) is 63.4 Å². The van der Waals surface area contributed by atoms with Gasteiger partial charge in [0.2, 0.25) is 10.0 Å². The lowest BCUT2D eigenvalue weighted by molar-refractivity contribution is 0.452. The van der Waals surface area contributed by atoms with E-state index in [4.69, 9.17) is 5.73 Å². The summed E-state index contributed by atoms with van der Waals surface area (Å²) in [5.74, 6) is 0.529. The molecule has 1 aliphatic carbocycles. The lowest BCUT2D eigenvalue weighted by Gasteiger charge is -2.19. The normalized spacial score (nSPS) is 16.1. The van der Waals surface area contributed by atoms with Gasteiger partial charge >= 0.3 is 0 Å². The van der Waals surface area contributed by atoms with Crippen LogP contribution in [0.4, 0.5) is 0 Å². The Morgan fingerprint density at radius 2 is 2.05 bits per heavy atom. The van der Waals surface area contributed by atoms with Crippen LogP contribution in [0, 0.1) is 12.8 Å². The summed E-state index contributed by atoms with van der Waals surface area (Å²) >= 11 is 3.40. The summed E-state index contributed by atoms with van der Waals surface area (Å²) < 4.78 is 27.4. The first kappa shape index (κ1) is 15.0. The quantitative estimate of drug-likeness (QED) is 0.889. The molecule has 1 aromatic rings. The van der Waals surface area contributed by atoms with Crippen LogP contribution in [-0.4, -0.2) is 26.3 Å². The number of hydrogen-bond acceptors (Lipinski definition) is 3. The van der Waals surface area contributed by atoms with Crippen molar-refractivity contribution in [2.75, 3.05) is 13.6 Å². The fourth-order valence-electron chi connectivity index (χ4n) is 2.02. The van der Waals surface area contributed by atoms with Crippen molar-refractivity contribution in [3.63, 3.8) is 0 Å². The molecule has 0 atom stereocenters. The minimum absolute atomic E-state index is 0.327. The summed E-state index contributed by atoms with van der Waals surface area (Å²) in [4.78, 5) is 0.352. The Morgan fingerprint density at radius 1 is 1.42 bits per heavy atom. The summed E-state index contributed by atoms with van der Waals surface area (Å²) in [6.45, 7) is 2.74. The highest BCUT2D eigenvalue weighted by Crippen LogP contribution is 2.32. The van der Waals surface area contributed by atoms with E-state index in [0.717, 1.165) is 28.4 Å². The molecule has 1 saturated carbocycles. The Morgan fingerprint density at radius 3 is 2.58 bits per heavy atom. The first-order valence-electron chi connectivity index (χ1n) is 6.31. The van der Waals surface area contributed by atoms with Crippen molar-refractivity contribution in [1.82, 2.24) is 4.31 Å². The molecule has 2 rings (SSSR count). The lowest BCUT2D eigenvalue weighted by Crippen LogP contribution is -2.29. The Kier molecular flexibility index (Phi) is 4.35. The minimum Gasteiger partial charge on any atom is -0.326 e. The highest BCUT2D eigenvalue weighted by molar-refractivity contribution is 9.10. The molecule has 6 heteroatoms. The third kappa shape index (κ3) is 3.18. The molecule has 19 heavy (non-hydrogen) atoms. The SMILES string of the molecule is Cc1c(Br)cc(CN)cc1S(=O)(=O)N(C)CC1CC1. The van der Waals surface area contributed by atoms with E-state index in [1.54, 1.807) is 13.1 Å². The molecule has 1 aromatic carbocycles. The molecule has 4 nitrogen and oxygen atoms in total. The van der Waals surface area contributed by atoms with Crippen LogP contribution in [0.15, 0.2) is 21.5 Å². The fraction of sp³-hybridized carbons (Fsp3) is 0.538. The Hall–Kier alpha value is -0.430. The maximum absolute atomic E-state index is 12.6. The molecular formula is C13H19BrN2O2S. The van der Waals surface area contributed by atoms with E-state index in [9.17, 15) is 8.42 Å². The third-order valence-corrected chi connectivity index (χ3v) is 6.27. The fourth-order valence-corrected chi connectivity index (χ4v) is 4.20. The number of nitrogens with zero attached hydrogens (tertiary/aromatic N) is 1. The van der Waals surface area contributed by atoms with E-state index in [1.165, 1.54) is 4.31 Å². The van der Waals surface area contributed by atoms with Crippen LogP contribution in [0.2, 0.25) is 0 Å². The van der Waals surface area contributed by atoms with Crippen molar-refractivity contribution in [2.24, 2.45) is 11.7 Å². The first-order chi connectivity index (χ1) is 8.86. The van der Waals surface area contributed by atoms with Crippen LogP contribution >= 0.6 is 15.9 Å². The average Bonchev–Trinajstić information content (AvgIpc) is 3.15. The maximum atomic E-state index is 12.6. The summed E-state index contributed by atoms with van der Waals surface area (Å²) in [6.07, 6.45) is 2.26. The van der Waals surface area contributed by atoms with E-state index >= 15 is 0 Å². The van der Waals surface area contributed by atoms with Gasteiger partial charge in [0.25, 0.3) is 0 Å². The molecule has 0 spiro atoms. The molecule has 1 aliphatic rings. The molecule has 2 N–H and O–H groups in total. The minimum atomic E-state index is -3.43. The molecule has 0 radical (unpaired) electrons. The van der Waals surface area contributed by atoms with Crippen molar-refractivity contribution in [2.45, 2.75) is 31.2 Å². The highest BCUT2D eigenvalue weighted by Gasteiger charge is 2.30. The van der Waals surface area contributed by atoms with Crippen molar-refractivity contribution in [3.05, 3.63) is 27.7 Å². The Balaban J connectivity index is 2.40. The van der Waals surface area contributed by atoms with Gasteiger partial charge in [0, 0.05) is 24.6 Å². The highest BCUT2D eigenvalue weighted by atomic mass is 79.9. The van der Waals surface area contributed by atoms with Gasteiger partial charge in [-0.1, -0.05) is 15.9 Å². The molecule has 0 unspecified atom stereocenters. The van der Waals surface area contributed by atoms with E-state index < -0.39 is 10.0 Å². The Bertz CT molecular complexity index is 583. The van der Waals surface area contributed by atoms with E-state index in [1.807, 2.05) is 13.0 Å². The predicted octanol–water partition coefficient (Wildman–Crippen LogP) is 2.25. The smallest absolute Gasteiger partial charge is 0.243 e. The molecule has 0 saturated heterocycles. The average molecular weight is 347 g/mol. The van der Waals surface area contributed by atoms with Crippen LogP contribution in [0.1, 0.15) is 24.0 Å². The second kappa shape index (κ2) is 5.52. The molecule has 106 valence electrons. The monoisotopic (exact) mass is 346 g/mol. The number of halogens is 1. The van der Waals surface area contributed by atoms with Gasteiger partial charge in [-0.15, -0.1) is 0 Å². The van der Waals surface area contributed by atoms with Crippen molar-refractivity contribution in [3.8, 4) is 0 Å². The molecule has 0 bridgehead atoms. The zero-order chi connectivity index (χ0) is 14.2. The zero-order valence-electron chi connectivity index (χ0n) is 11.2. The maximum Gasteiger partial charge on any atom is 0.243 e. The van der Waals surface area contributed by atoms with Crippen LogP contribution in [-0.2, 0) is 16.6 Å². The third-order valence-electron chi connectivity index (χ3n) is 3.49. The van der Waals surface area contributed by atoms with E-state index in [2.05, 4.69) is 15.9 Å². The van der Waals surface area contributed by atoms with E-state index in [-0.39, 0.29) is 0 Å². The second-order valence-corrected chi connectivity index (χ2v) is 8.00. The molecule has 1 fully saturated rings. The number of hydrogen-bond donors (Lipinski definition) is 1. The van der Waals surface area contributed by atoms with Crippen LogP contribution in [0.3, 0.4) is 0 Å². The molecule has 0 heterocycles. The Labute approximate surface area is 123 Å². The summed E-state index contributed by atoms with van der Waals surface area (Å²) in [7, 11) is -1.78.